The van der Waals surface area contributed by atoms with E-state index in [1.165, 1.54) is 6.07 Å². The Kier molecular flexibility index (Phi) is 3.10. The van der Waals surface area contributed by atoms with Crippen molar-refractivity contribution in [3.8, 4) is 11.5 Å². The maximum absolute atomic E-state index is 11.8. The van der Waals surface area contributed by atoms with E-state index in [1.54, 1.807) is 0 Å². The van der Waals surface area contributed by atoms with Gasteiger partial charge >= 0.3 is 6.36 Å². The molecule has 0 unspecified atom stereocenters. The fourth-order valence-electron chi connectivity index (χ4n) is 0.848. The third kappa shape index (κ3) is 2.99. The zero-order valence-corrected chi connectivity index (χ0v) is 7.56. The highest BCUT2D eigenvalue weighted by atomic mass is 35.5. The maximum atomic E-state index is 11.8. The third-order valence-corrected chi connectivity index (χ3v) is 1.71. The standard InChI is InChI=1S/C8H6ClF3O2/c9-4-5-1-2-6(13)7(3-5)14-8(10,11)12/h1-3,13H,4H2. The molecule has 14 heavy (non-hydrogen) atoms. The first kappa shape index (κ1) is 11.0. The van der Waals surface area contributed by atoms with Crippen molar-refractivity contribution in [2.45, 2.75) is 12.2 Å². The van der Waals surface area contributed by atoms with Gasteiger partial charge < -0.3 is 9.84 Å². The normalized spacial score (nSPS) is 11.4. The monoisotopic (exact) mass is 226 g/mol. The van der Waals surface area contributed by atoms with Crippen molar-refractivity contribution < 1.29 is 23.0 Å². The Morgan fingerprint density at radius 3 is 2.50 bits per heavy atom. The third-order valence-electron chi connectivity index (χ3n) is 1.40. The zero-order valence-electron chi connectivity index (χ0n) is 6.81. The van der Waals surface area contributed by atoms with Gasteiger partial charge in [0.15, 0.2) is 11.5 Å². The van der Waals surface area contributed by atoms with E-state index in [9.17, 15) is 13.2 Å². The number of hydrogen-bond acceptors (Lipinski definition) is 2. The van der Waals surface area contributed by atoms with Crippen LogP contribution in [-0.4, -0.2) is 11.5 Å². The molecule has 2 nitrogen and oxygen atoms in total. The van der Waals surface area contributed by atoms with Crippen LogP contribution in [0.1, 0.15) is 5.56 Å². The Labute approximate surface area is 82.9 Å². The molecule has 1 aromatic carbocycles. The summed E-state index contributed by atoms with van der Waals surface area (Å²) in [5.41, 5.74) is 0.434. The number of phenolic OH excluding ortho intramolecular Hbond substituents is 1. The smallest absolute Gasteiger partial charge is 0.504 e. The van der Waals surface area contributed by atoms with E-state index in [2.05, 4.69) is 4.74 Å². The van der Waals surface area contributed by atoms with Gasteiger partial charge in [0.25, 0.3) is 0 Å². The average Bonchev–Trinajstić information content (AvgIpc) is 2.06. The molecule has 0 aliphatic carbocycles. The van der Waals surface area contributed by atoms with Crippen LogP contribution in [-0.2, 0) is 5.88 Å². The van der Waals surface area contributed by atoms with Crippen LogP contribution in [0.4, 0.5) is 13.2 Å². The van der Waals surface area contributed by atoms with Gasteiger partial charge in [-0.05, 0) is 17.7 Å². The number of alkyl halides is 4. The fourth-order valence-corrected chi connectivity index (χ4v) is 1.01. The summed E-state index contributed by atoms with van der Waals surface area (Å²) in [6.07, 6.45) is -4.82. The number of hydrogen-bond donors (Lipinski definition) is 1. The molecular formula is C8H6ClF3O2. The molecule has 78 valence electrons. The Morgan fingerprint density at radius 1 is 1.36 bits per heavy atom. The second-order valence-corrected chi connectivity index (χ2v) is 2.75. The van der Waals surface area contributed by atoms with Crippen molar-refractivity contribution >= 4 is 11.6 Å². The summed E-state index contributed by atoms with van der Waals surface area (Å²) in [7, 11) is 0. The van der Waals surface area contributed by atoms with Crippen molar-refractivity contribution in [3.05, 3.63) is 23.8 Å². The predicted molar refractivity (Wildman–Crippen MR) is 44.3 cm³/mol. The lowest BCUT2D eigenvalue weighted by atomic mass is 10.2. The van der Waals surface area contributed by atoms with E-state index < -0.39 is 17.9 Å². The van der Waals surface area contributed by atoms with Gasteiger partial charge in [-0.3, -0.25) is 0 Å². The number of ether oxygens (including phenoxy) is 1. The van der Waals surface area contributed by atoms with E-state index in [0.29, 0.717) is 5.56 Å². The van der Waals surface area contributed by atoms with Crippen molar-refractivity contribution in [2.75, 3.05) is 0 Å². The van der Waals surface area contributed by atoms with Gasteiger partial charge in [0, 0.05) is 5.88 Å². The summed E-state index contributed by atoms with van der Waals surface area (Å²) in [6.45, 7) is 0. The van der Waals surface area contributed by atoms with Crippen LogP contribution in [0.15, 0.2) is 18.2 Å². The largest absolute Gasteiger partial charge is 0.573 e. The quantitative estimate of drug-likeness (QED) is 0.786. The van der Waals surface area contributed by atoms with Crippen molar-refractivity contribution in [2.24, 2.45) is 0 Å². The Hall–Kier alpha value is -1.10. The highest BCUT2D eigenvalue weighted by molar-refractivity contribution is 6.17. The molecule has 0 aliphatic rings. The van der Waals surface area contributed by atoms with Gasteiger partial charge in [0.05, 0.1) is 0 Å². The number of aromatic hydroxyl groups is 1. The van der Waals surface area contributed by atoms with Crippen LogP contribution in [0.3, 0.4) is 0 Å². The van der Waals surface area contributed by atoms with Crippen LogP contribution in [0.25, 0.3) is 0 Å². The molecule has 0 spiro atoms. The van der Waals surface area contributed by atoms with Gasteiger partial charge in [-0.15, -0.1) is 24.8 Å². The Bertz CT molecular complexity index is 325. The molecule has 0 amide bonds. The number of benzene rings is 1. The fraction of sp³-hybridized carbons (Fsp3) is 0.250. The average molecular weight is 227 g/mol. The van der Waals surface area contributed by atoms with Gasteiger partial charge in [0.1, 0.15) is 0 Å². The molecule has 0 saturated heterocycles. The summed E-state index contributed by atoms with van der Waals surface area (Å²) in [5.74, 6) is -1.17. The van der Waals surface area contributed by atoms with Gasteiger partial charge in [0.2, 0.25) is 0 Å². The molecule has 0 aliphatic heterocycles. The highest BCUT2D eigenvalue weighted by Gasteiger charge is 2.32. The van der Waals surface area contributed by atoms with E-state index >= 15 is 0 Å². The van der Waals surface area contributed by atoms with E-state index in [4.69, 9.17) is 16.7 Å². The van der Waals surface area contributed by atoms with Crippen LogP contribution < -0.4 is 4.74 Å². The van der Waals surface area contributed by atoms with E-state index in [-0.39, 0.29) is 5.88 Å². The summed E-state index contributed by atoms with van der Waals surface area (Å²) < 4.78 is 38.9. The van der Waals surface area contributed by atoms with Gasteiger partial charge in [-0.25, -0.2) is 0 Å². The molecule has 0 saturated carbocycles. The molecular weight excluding hydrogens is 221 g/mol. The van der Waals surface area contributed by atoms with Crippen LogP contribution in [0, 0.1) is 0 Å². The summed E-state index contributed by atoms with van der Waals surface area (Å²) in [4.78, 5) is 0. The topological polar surface area (TPSA) is 29.5 Å². The van der Waals surface area contributed by atoms with Crippen molar-refractivity contribution in [1.29, 1.82) is 0 Å². The molecule has 0 atom stereocenters. The molecule has 1 rings (SSSR count). The lowest BCUT2D eigenvalue weighted by Crippen LogP contribution is -2.17. The lowest BCUT2D eigenvalue weighted by molar-refractivity contribution is -0.275. The second kappa shape index (κ2) is 3.96. The summed E-state index contributed by atoms with van der Waals surface area (Å²) in [5, 5.41) is 9.03. The molecule has 1 aromatic rings. The van der Waals surface area contributed by atoms with Crippen LogP contribution in [0.5, 0.6) is 11.5 Å². The molecule has 0 heterocycles. The Balaban J connectivity index is 2.95. The zero-order chi connectivity index (χ0) is 10.8. The SMILES string of the molecule is Oc1ccc(CCl)cc1OC(F)(F)F. The highest BCUT2D eigenvalue weighted by Crippen LogP contribution is 2.32. The van der Waals surface area contributed by atoms with Crippen molar-refractivity contribution in [1.82, 2.24) is 0 Å². The minimum Gasteiger partial charge on any atom is -0.504 e. The van der Waals surface area contributed by atoms with Gasteiger partial charge in [-0.1, -0.05) is 6.07 Å². The molecule has 6 heteroatoms. The maximum Gasteiger partial charge on any atom is 0.573 e. The number of phenols is 1. The minimum atomic E-state index is -4.82. The first-order chi connectivity index (χ1) is 6.42. The molecule has 0 fully saturated rings. The van der Waals surface area contributed by atoms with Crippen LogP contribution >= 0.6 is 11.6 Å². The molecule has 0 radical (unpaired) electrons. The first-order valence-electron chi connectivity index (χ1n) is 3.56. The molecule has 1 N–H and O–H groups in total. The van der Waals surface area contributed by atoms with E-state index in [1.807, 2.05) is 0 Å². The Morgan fingerprint density at radius 2 is 2.00 bits per heavy atom. The number of halogens is 4. The molecule has 0 aromatic heterocycles. The summed E-state index contributed by atoms with van der Waals surface area (Å²) >= 11 is 5.40. The van der Waals surface area contributed by atoms with Crippen LogP contribution in [0.2, 0.25) is 0 Å². The second-order valence-electron chi connectivity index (χ2n) is 2.48. The van der Waals surface area contributed by atoms with E-state index in [0.717, 1.165) is 12.1 Å². The first-order valence-corrected chi connectivity index (χ1v) is 4.09. The molecule has 0 bridgehead atoms. The van der Waals surface area contributed by atoms with Crippen molar-refractivity contribution in [3.63, 3.8) is 0 Å². The number of rotatable bonds is 2. The van der Waals surface area contributed by atoms with Gasteiger partial charge in [-0.2, -0.15) is 0 Å². The minimum absolute atomic E-state index is 0.0501. The lowest BCUT2D eigenvalue weighted by Gasteiger charge is -2.10. The summed E-state index contributed by atoms with van der Waals surface area (Å²) in [6, 6.07) is 3.54. The predicted octanol–water partition coefficient (Wildman–Crippen LogP) is 3.03.